The maximum absolute atomic E-state index is 12.9. The van der Waals surface area contributed by atoms with Gasteiger partial charge < -0.3 is 0 Å². The highest BCUT2D eigenvalue weighted by molar-refractivity contribution is 6.22. The van der Waals surface area contributed by atoms with Gasteiger partial charge in [0.25, 0.3) is 0 Å². The van der Waals surface area contributed by atoms with Crippen LogP contribution < -0.4 is 11.3 Å². The van der Waals surface area contributed by atoms with E-state index in [0.717, 1.165) is 0 Å². The number of rotatable bonds is 4. The van der Waals surface area contributed by atoms with Gasteiger partial charge >= 0.3 is 5.38 Å². The molecule has 0 spiro atoms. The molecule has 1 rings (SSSR count). The topological polar surface area (TPSA) is 38.0 Å². The maximum atomic E-state index is 12.9. The molecule has 0 saturated heterocycles. The van der Waals surface area contributed by atoms with E-state index in [4.69, 9.17) is 17.4 Å². The number of nitrogens with two attached hydrogens (primary N) is 1. The Hall–Kier alpha value is -0.780. The van der Waals surface area contributed by atoms with Crippen LogP contribution in [0.15, 0.2) is 18.2 Å². The van der Waals surface area contributed by atoms with Crippen molar-refractivity contribution in [1.82, 2.24) is 5.43 Å². The molecule has 1 atom stereocenters. The lowest BCUT2D eigenvalue weighted by molar-refractivity contribution is 0.0502. The first kappa shape index (κ1) is 13.3. The standard InChI is InChI=1S/C10H12ClF3N2/c1-6-2-3-8(12)4-7(6)5-9(16-15)10(11,13)14/h2-4,9,16H,5,15H2,1H3. The van der Waals surface area contributed by atoms with E-state index in [9.17, 15) is 13.2 Å². The van der Waals surface area contributed by atoms with Gasteiger partial charge in [0.2, 0.25) is 0 Å². The van der Waals surface area contributed by atoms with Gasteiger partial charge in [-0.2, -0.15) is 8.78 Å². The monoisotopic (exact) mass is 252 g/mol. The second kappa shape index (κ2) is 5.03. The SMILES string of the molecule is Cc1ccc(F)cc1CC(NN)C(F)(F)Cl. The average Bonchev–Trinajstić information content (AvgIpc) is 2.17. The number of aryl methyl sites for hydroxylation is 1. The van der Waals surface area contributed by atoms with Crippen molar-refractivity contribution >= 4 is 11.6 Å². The van der Waals surface area contributed by atoms with Gasteiger partial charge in [0.1, 0.15) is 11.9 Å². The van der Waals surface area contributed by atoms with E-state index in [1.165, 1.54) is 18.2 Å². The molecule has 0 fully saturated rings. The molecule has 0 bridgehead atoms. The van der Waals surface area contributed by atoms with Crippen molar-refractivity contribution in [2.24, 2.45) is 5.84 Å². The molecule has 1 unspecified atom stereocenters. The van der Waals surface area contributed by atoms with Crippen LogP contribution in [0.25, 0.3) is 0 Å². The van der Waals surface area contributed by atoms with Crippen LogP contribution in [0.2, 0.25) is 0 Å². The lowest BCUT2D eigenvalue weighted by Crippen LogP contribution is -2.47. The molecule has 0 heterocycles. The third kappa shape index (κ3) is 3.37. The summed E-state index contributed by atoms with van der Waals surface area (Å²) in [6, 6.07) is 2.55. The van der Waals surface area contributed by atoms with E-state index in [2.05, 4.69) is 0 Å². The van der Waals surface area contributed by atoms with E-state index >= 15 is 0 Å². The minimum atomic E-state index is -3.48. The average molecular weight is 253 g/mol. The Kier molecular flexibility index (Phi) is 4.18. The predicted molar refractivity (Wildman–Crippen MR) is 56.8 cm³/mol. The van der Waals surface area contributed by atoms with Gasteiger partial charge in [-0.1, -0.05) is 6.07 Å². The molecule has 0 aliphatic rings. The Morgan fingerprint density at radius 1 is 1.50 bits per heavy atom. The van der Waals surface area contributed by atoms with Gasteiger partial charge in [0.05, 0.1) is 0 Å². The molecule has 90 valence electrons. The predicted octanol–water partition coefficient (Wildman–Crippen LogP) is 2.34. The number of hydrogen-bond acceptors (Lipinski definition) is 2. The molecule has 0 aliphatic heterocycles. The Labute approximate surface area is 96.6 Å². The lowest BCUT2D eigenvalue weighted by Gasteiger charge is -2.21. The summed E-state index contributed by atoms with van der Waals surface area (Å²) < 4.78 is 38.6. The second-order valence-corrected chi connectivity index (χ2v) is 4.04. The van der Waals surface area contributed by atoms with Gasteiger partial charge in [-0.05, 0) is 48.2 Å². The molecule has 16 heavy (non-hydrogen) atoms. The van der Waals surface area contributed by atoms with Gasteiger partial charge in [-0.25, -0.2) is 9.82 Å². The summed E-state index contributed by atoms with van der Waals surface area (Å²) in [4.78, 5) is 0. The van der Waals surface area contributed by atoms with Crippen molar-refractivity contribution in [2.75, 3.05) is 0 Å². The lowest BCUT2D eigenvalue weighted by atomic mass is 10.0. The van der Waals surface area contributed by atoms with E-state index < -0.39 is 17.2 Å². The van der Waals surface area contributed by atoms with E-state index in [1.807, 2.05) is 5.43 Å². The number of hydrazine groups is 1. The molecule has 0 aromatic heterocycles. The zero-order valence-electron chi connectivity index (χ0n) is 8.61. The fraction of sp³-hybridized carbons (Fsp3) is 0.400. The third-order valence-electron chi connectivity index (χ3n) is 2.33. The van der Waals surface area contributed by atoms with Crippen LogP contribution in [0.1, 0.15) is 11.1 Å². The van der Waals surface area contributed by atoms with Crippen molar-refractivity contribution < 1.29 is 13.2 Å². The molecule has 6 heteroatoms. The van der Waals surface area contributed by atoms with Crippen LogP contribution in [0, 0.1) is 12.7 Å². The van der Waals surface area contributed by atoms with Crippen molar-refractivity contribution in [3.8, 4) is 0 Å². The van der Waals surface area contributed by atoms with Gasteiger partial charge in [0, 0.05) is 0 Å². The second-order valence-electron chi connectivity index (χ2n) is 3.54. The maximum Gasteiger partial charge on any atom is 0.338 e. The summed E-state index contributed by atoms with van der Waals surface area (Å²) in [7, 11) is 0. The molecule has 0 aliphatic carbocycles. The molecule has 1 aromatic carbocycles. The first-order valence-electron chi connectivity index (χ1n) is 4.62. The number of hydrogen-bond donors (Lipinski definition) is 2. The minimum Gasteiger partial charge on any atom is -0.271 e. The molecule has 3 N–H and O–H groups in total. The van der Waals surface area contributed by atoms with Crippen LogP contribution in [0.5, 0.6) is 0 Å². The molecule has 0 amide bonds. The van der Waals surface area contributed by atoms with Gasteiger partial charge in [-0.15, -0.1) is 0 Å². The highest BCUT2D eigenvalue weighted by Gasteiger charge is 2.36. The van der Waals surface area contributed by atoms with Gasteiger partial charge in [0.15, 0.2) is 0 Å². The Morgan fingerprint density at radius 2 is 2.12 bits per heavy atom. The quantitative estimate of drug-likeness (QED) is 0.490. The fourth-order valence-electron chi connectivity index (χ4n) is 1.35. The van der Waals surface area contributed by atoms with E-state index in [1.54, 1.807) is 6.92 Å². The van der Waals surface area contributed by atoms with Crippen LogP contribution in [-0.4, -0.2) is 11.4 Å². The molecular formula is C10H12ClF3N2. The van der Waals surface area contributed by atoms with Crippen molar-refractivity contribution in [1.29, 1.82) is 0 Å². The summed E-state index contributed by atoms with van der Waals surface area (Å²) in [5.41, 5.74) is 3.09. The third-order valence-corrected chi connectivity index (χ3v) is 2.59. The largest absolute Gasteiger partial charge is 0.338 e. The fourth-order valence-corrected chi connectivity index (χ4v) is 1.49. The molecule has 0 saturated carbocycles. The molecule has 1 aromatic rings. The molecular weight excluding hydrogens is 241 g/mol. The van der Waals surface area contributed by atoms with Crippen LogP contribution in [0.3, 0.4) is 0 Å². The Balaban J connectivity index is 2.90. The van der Waals surface area contributed by atoms with Crippen molar-refractivity contribution in [3.63, 3.8) is 0 Å². The molecule has 2 nitrogen and oxygen atoms in total. The highest BCUT2D eigenvalue weighted by Crippen LogP contribution is 2.26. The number of benzene rings is 1. The van der Waals surface area contributed by atoms with Crippen LogP contribution >= 0.6 is 11.6 Å². The number of alkyl halides is 3. The van der Waals surface area contributed by atoms with Crippen LogP contribution in [0.4, 0.5) is 13.2 Å². The smallest absolute Gasteiger partial charge is 0.271 e. The summed E-state index contributed by atoms with van der Waals surface area (Å²) >= 11 is 4.87. The Morgan fingerprint density at radius 3 is 2.62 bits per heavy atom. The number of halogens is 4. The highest BCUT2D eigenvalue weighted by atomic mass is 35.5. The first-order chi connectivity index (χ1) is 7.34. The number of nitrogens with one attached hydrogen (secondary N) is 1. The summed E-state index contributed by atoms with van der Waals surface area (Å²) in [6.07, 6.45) is -0.142. The Bertz CT molecular complexity index is 366. The first-order valence-corrected chi connectivity index (χ1v) is 5.00. The van der Waals surface area contributed by atoms with Gasteiger partial charge in [-0.3, -0.25) is 5.84 Å². The zero-order chi connectivity index (χ0) is 12.3. The zero-order valence-corrected chi connectivity index (χ0v) is 9.36. The summed E-state index contributed by atoms with van der Waals surface area (Å²) in [6.45, 7) is 1.70. The van der Waals surface area contributed by atoms with Crippen molar-refractivity contribution in [3.05, 3.63) is 35.1 Å². The normalized spacial score (nSPS) is 13.9. The van der Waals surface area contributed by atoms with Crippen molar-refractivity contribution in [2.45, 2.75) is 24.8 Å². The summed E-state index contributed by atoms with van der Waals surface area (Å²) in [5.74, 6) is 4.51. The van der Waals surface area contributed by atoms with Crippen LogP contribution in [-0.2, 0) is 6.42 Å². The molecule has 0 radical (unpaired) electrons. The van der Waals surface area contributed by atoms with E-state index in [0.29, 0.717) is 11.1 Å². The summed E-state index contributed by atoms with van der Waals surface area (Å²) in [5, 5.41) is -3.48. The van der Waals surface area contributed by atoms with E-state index in [-0.39, 0.29) is 6.42 Å². The minimum absolute atomic E-state index is 0.142.